The Morgan fingerprint density at radius 3 is 2.42 bits per heavy atom. The SMILES string of the molecule is COC(=O)CC(C)NC(=O)C(N)c1ccc(C)cc1. The number of ether oxygens (including phenoxy) is 1. The first-order valence-corrected chi connectivity index (χ1v) is 6.13. The number of carbonyl (C=O) groups is 2. The lowest BCUT2D eigenvalue weighted by molar-refractivity contribution is -0.141. The van der Waals surface area contributed by atoms with Gasteiger partial charge in [-0.1, -0.05) is 29.8 Å². The van der Waals surface area contributed by atoms with E-state index in [9.17, 15) is 9.59 Å². The molecule has 0 aromatic heterocycles. The van der Waals surface area contributed by atoms with Crippen LogP contribution < -0.4 is 11.1 Å². The average Bonchev–Trinajstić information content (AvgIpc) is 2.38. The Balaban J connectivity index is 2.57. The molecular weight excluding hydrogens is 244 g/mol. The Bertz CT molecular complexity index is 443. The van der Waals surface area contributed by atoms with Crippen LogP contribution in [0.25, 0.3) is 0 Å². The predicted octanol–water partition coefficient (Wildman–Crippen LogP) is 1.06. The van der Waals surface area contributed by atoms with Crippen LogP contribution in [0.3, 0.4) is 0 Å². The molecule has 1 aromatic rings. The van der Waals surface area contributed by atoms with Crippen LogP contribution in [0.15, 0.2) is 24.3 Å². The van der Waals surface area contributed by atoms with Crippen molar-refractivity contribution < 1.29 is 14.3 Å². The normalized spacial score (nSPS) is 13.5. The van der Waals surface area contributed by atoms with Gasteiger partial charge in [0.05, 0.1) is 13.5 Å². The van der Waals surface area contributed by atoms with Crippen molar-refractivity contribution in [3.05, 3.63) is 35.4 Å². The molecule has 19 heavy (non-hydrogen) atoms. The van der Waals surface area contributed by atoms with E-state index in [0.29, 0.717) is 0 Å². The number of nitrogens with one attached hydrogen (secondary N) is 1. The Morgan fingerprint density at radius 1 is 1.32 bits per heavy atom. The molecule has 0 aliphatic heterocycles. The summed E-state index contributed by atoms with van der Waals surface area (Å²) >= 11 is 0. The zero-order valence-corrected chi connectivity index (χ0v) is 11.5. The highest BCUT2D eigenvalue weighted by Gasteiger charge is 2.19. The van der Waals surface area contributed by atoms with Crippen LogP contribution in [-0.2, 0) is 14.3 Å². The molecule has 1 aromatic carbocycles. The summed E-state index contributed by atoms with van der Waals surface area (Å²) in [4.78, 5) is 23.0. The Kier molecular flexibility index (Phi) is 5.51. The zero-order valence-electron chi connectivity index (χ0n) is 11.5. The van der Waals surface area contributed by atoms with Gasteiger partial charge in [-0.05, 0) is 19.4 Å². The van der Waals surface area contributed by atoms with E-state index < -0.39 is 6.04 Å². The quantitative estimate of drug-likeness (QED) is 0.779. The van der Waals surface area contributed by atoms with Crippen molar-refractivity contribution in [2.75, 3.05) is 7.11 Å². The smallest absolute Gasteiger partial charge is 0.307 e. The fourth-order valence-corrected chi connectivity index (χ4v) is 1.64. The lowest BCUT2D eigenvalue weighted by Gasteiger charge is -2.17. The molecule has 0 fully saturated rings. The Hall–Kier alpha value is -1.88. The first-order valence-electron chi connectivity index (χ1n) is 6.13. The third-order valence-electron chi connectivity index (χ3n) is 2.81. The maximum absolute atomic E-state index is 11.9. The van der Waals surface area contributed by atoms with Gasteiger partial charge in [0.15, 0.2) is 0 Å². The van der Waals surface area contributed by atoms with Gasteiger partial charge in [-0.2, -0.15) is 0 Å². The molecule has 0 aliphatic rings. The summed E-state index contributed by atoms with van der Waals surface area (Å²) in [7, 11) is 1.31. The minimum absolute atomic E-state index is 0.128. The van der Waals surface area contributed by atoms with E-state index in [0.717, 1.165) is 11.1 Å². The summed E-state index contributed by atoms with van der Waals surface area (Å²) in [6.45, 7) is 3.70. The molecule has 5 heteroatoms. The van der Waals surface area contributed by atoms with Gasteiger partial charge in [0, 0.05) is 6.04 Å². The number of aryl methyl sites for hydroxylation is 1. The van der Waals surface area contributed by atoms with Gasteiger partial charge in [0.25, 0.3) is 0 Å². The molecule has 1 amide bonds. The van der Waals surface area contributed by atoms with Crippen molar-refractivity contribution in [2.24, 2.45) is 5.73 Å². The Labute approximate surface area is 113 Å². The summed E-state index contributed by atoms with van der Waals surface area (Å²) in [5.41, 5.74) is 7.72. The molecule has 0 saturated carbocycles. The molecule has 104 valence electrons. The van der Waals surface area contributed by atoms with Gasteiger partial charge in [-0.25, -0.2) is 0 Å². The molecule has 2 atom stereocenters. The highest BCUT2D eigenvalue weighted by Crippen LogP contribution is 2.12. The van der Waals surface area contributed by atoms with Gasteiger partial charge >= 0.3 is 5.97 Å². The third-order valence-corrected chi connectivity index (χ3v) is 2.81. The molecule has 0 radical (unpaired) electrons. The van der Waals surface area contributed by atoms with Crippen molar-refractivity contribution in [2.45, 2.75) is 32.4 Å². The number of methoxy groups -OCH3 is 1. The minimum Gasteiger partial charge on any atom is -0.469 e. The maximum Gasteiger partial charge on any atom is 0.307 e. The molecule has 2 unspecified atom stereocenters. The van der Waals surface area contributed by atoms with E-state index in [4.69, 9.17) is 5.73 Å². The number of nitrogens with two attached hydrogens (primary N) is 1. The molecule has 5 nitrogen and oxygen atoms in total. The zero-order chi connectivity index (χ0) is 14.4. The van der Waals surface area contributed by atoms with E-state index in [1.54, 1.807) is 6.92 Å². The number of hydrogen-bond donors (Lipinski definition) is 2. The highest BCUT2D eigenvalue weighted by atomic mass is 16.5. The second-order valence-electron chi connectivity index (χ2n) is 4.58. The molecule has 0 spiro atoms. The van der Waals surface area contributed by atoms with E-state index in [-0.39, 0.29) is 24.3 Å². The summed E-state index contributed by atoms with van der Waals surface area (Å²) in [5, 5.41) is 2.69. The lowest BCUT2D eigenvalue weighted by atomic mass is 10.0. The largest absolute Gasteiger partial charge is 0.469 e. The number of benzene rings is 1. The predicted molar refractivity (Wildman–Crippen MR) is 72.3 cm³/mol. The molecule has 1 rings (SSSR count). The van der Waals surface area contributed by atoms with Crippen LogP contribution >= 0.6 is 0 Å². The highest BCUT2D eigenvalue weighted by molar-refractivity contribution is 5.83. The standard InChI is InChI=1S/C14H20N2O3/c1-9-4-6-11(7-5-9)13(15)14(18)16-10(2)8-12(17)19-3/h4-7,10,13H,8,15H2,1-3H3,(H,16,18). The first-order chi connectivity index (χ1) is 8.93. The van der Waals surface area contributed by atoms with E-state index in [1.807, 2.05) is 31.2 Å². The van der Waals surface area contributed by atoms with Gasteiger partial charge in [0.1, 0.15) is 6.04 Å². The number of carbonyl (C=O) groups excluding carboxylic acids is 2. The van der Waals surface area contributed by atoms with Crippen LogP contribution in [0, 0.1) is 6.92 Å². The first kappa shape index (κ1) is 15.2. The number of rotatable bonds is 5. The van der Waals surface area contributed by atoms with Crippen molar-refractivity contribution in [1.29, 1.82) is 0 Å². The molecule has 0 saturated heterocycles. The monoisotopic (exact) mass is 264 g/mol. The van der Waals surface area contributed by atoms with Crippen LogP contribution in [0.2, 0.25) is 0 Å². The van der Waals surface area contributed by atoms with Crippen molar-refractivity contribution >= 4 is 11.9 Å². The fourth-order valence-electron chi connectivity index (χ4n) is 1.64. The van der Waals surface area contributed by atoms with Crippen LogP contribution in [0.4, 0.5) is 0 Å². The van der Waals surface area contributed by atoms with Gasteiger partial charge in [0.2, 0.25) is 5.91 Å². The maximum atomic E-state index is 11.9. The van der Waals surface area contributed by atoms with E-state index in [1.165, 1.54) is 7.11 Å². The lowest BCUT2D eigenvalue weighted by Crippen LogP contribution is -2.40. The number of amides is 1. The number of esters is 1. The topological polar surface area (TPSA) is 81.4 Å². The summed E-state index contributed by atoms with van der Waals surface area (Å²) in [5.74, 6) is -0.669. The van der Waals surface area contributed by atoms with Crippen LogP contribution in [-0.4, -0.2) is 25.0 Å². The van der Waals surface area contributed by atoms with Crippen LogP contribution in [0.1, 0.15) is 30.5 Å². The van der Waals surface area contributed by atoms with Gasteiger partial charge < -0.3 is 15.8 Å². The Morgan fingerprint density at radius 2 is 1.89 bits per heavy atom. The minimum atomic E-state index is -0.735. The second kappa shape index (κ2) is 6.89. The summed E-state index contributed by atoms with van der Waals surface area (Å²) in [6.07, 6.45) is 0.128. The van der Waals surface area contributed by atoms with E-state index in [2.05, 4.69) is 10.1 Å². The van der Waals surface area contributed by atoms with E-state index >= 15 is 0 Å². The fraction of sp³-hybridized carbons (Fsp3) is 0.429. The van der Waals surface area contributed by atoms with Crippen molar-refractivity contribution in [3.8, 4) is 0 Å². The molecule has 0 aliphatic carbocycles. The molecule has 0 heterocycles. The van der Waals surface area contributed by atoms with Gasteiger partial charge in [-0.3, -0.25) is 9.59 Å². The second-order valence-corrected chi connectivity index (χ2v) is 4.58. The van der Waals surface area contributed by atoms with Crippen LogP contribution in [0.5, 0.6) is 0 Å². The molecular formula is C14H20N2O3. The third kappa shape index (κ3) is 4.71. The molecule has 0 bridgehead atoms. The van der Waals surface area contributed by atoms with Gasteiger partial charge in [-0.15, -0.1) is 0 Å². The molecule has 3 N–H and O–H groups in total. The summed E-state index contributed by atoms with van der Waals surface area (Å²) in [6, 6.07) is 6.41. The summed E-state index contributed by atoms with van der Waals surface area (Å²) < 4.78 is 4.54. The van der Waals surface area contributed by atoms with Crippen molar-refractivity contribution in [1.82, 2.24) is 5.32 Å². The average molecular weight is 264 g/mol. The number of hydrogen-bond acceptors (Lipinski definition) is 4. The van der Waals surface area contributed by atoms with Crippen molar-refractivity contribution in [3.63, 3.8) is 0 Å².